The summed E-state index contributed by atoms with van der Waals surface area (Å²) in [5, 5.41) is 3.43. The van der Waals surface area contributed by atoms with Crippen LogP contribution < -0.4 is 11.1 Å². The summed E-state index contributed by atoms with van der Waals surface area (Å²) in [6, 6.07) is 14.4. The molecule has 0 atom stereocenters. The van der Waals surface area contributed by atoms with Crippen LogP contribution in [0.15, 0.2) is 42.5 Å². The molecule has 2 nitrogen and oxygen atoms in total. The summed E-state index contributed by atoms with van der Waals surface area (Å²) in [6.07, 6.45) is 0. The second-order valence-corrected chi connectivity index (χ2v) is 4.92. The number of nitrogens with one attached hydrogen (secondary N) is 1. The standard InChI is InChI=1S/C16H20N2/c1-11(2)13-6-4-7-14(10-13)18-16-9-5-8-15(17)12(16)3/h4-11,18H,17H2,1-3H3. The molecule has 18 heavy (non-hydrogen) atoms. The van der Waals surface area contributed by atoms with E-state index in [1.54, 1.807) is 0 Å². The zero-order valence-corrected chi connectivity index (χ0v) is 11.2. The molecule has 0 unspecified atom stereocenters. The molecule has 2 aromatic carbocycles. The van der Waals surface area contributed by atoms with Gasteiger partial charge in [-0.3, -0.25) is 0 Å². The quantitative estimate of drug-likeness (QED) is 0.778. The van der Waals surface area contributed by atoms with Crippen LogP contribution in [0, 0.1) is 6.92 Å². The number of benzene rings is 2. The molecule has 0 heterocycles. The normalized spacial score (nSPS) is 10.7. The maximum absolute atomic E-state index is 5.91. The van der Waals surface area contributed by atoms with E-state index in [1.807, 2.05) is 25.1 Å². The van der Waals surface area contributed by atoms with E-state index in [0.29, 0.717) is 5.92 Å². The average Bonchev–Trinajstić information content (AvgIpc) is 2.35. The summed E-state index contributed by atoms with van der Waals surface area (Å²) in [4.78, 5) is 0. The number of nitrogen functional groups attached to an aromatic ring is 1. The molecule has 2 rings (SSSR count). The molecule has 94 valence electrons. The van der Waals surface area contributed by atoms with Crippen molar-refractivity contribution in [1.82, 2.24) is 0 Å². The van der Waals surface area contributed by atoms with E-state index in [0.717, 1.165) is 22.6 Å². The van der Waals surface area contributed by atoms with Crippen molar-refractivity contribution in [3.05, 3.63) is 53.6 Å². The Labute approximate surface area is 109 Å². The van der Waals surface area contributed by atoms with E-state index in [4.69, 9.17) is 5.73 Å². The predicted molar refractivity (Wildman–Crippen MR) is 79.4 cm³/mol. The van der Waals surface area contributed by atoms with Gasteiger partial charge in [0.2, 0.25) is 0 Å². The van der Waals surface area contributed by atoms with Gasteiger partial charge in [-0.2, -0.15) is 0 Å². The minimum Gasteiger partial charge on any atom is -0.398 e. The Morgan fingerprint density at radius 1 is 1.06 bits per heavy atom. The lowest BCUT2D eigenvalue weighted by Crippen LogP contribution is -1.97. The topological polar surface area (TPSA) is 38.0 Å². The first-order valence-corrected chi connectivity index (χ1v) is 6.30. The van der Waals surface area contributed by atoms with Crippen molar-refractivity contribution in [3.63, 3.8) is 0 Å². The Balaban J connectivity index is 2.28. The molecule has 0 radical (unpaired) electrons. The Bertz CT molecular complexity index is 545. The van der Waals surface area contributed by atoms with Crippen LogP contribution in [0.3, 0.4) is 0 Å². The van der Waals surface area contributed by atoms with E-state index in [2.05, 4.69) is 43.4 Å². The highest BCUT2D eigenvalue weighted by Crippen LogP contribution is 2.26. The zero-order valence-electron chi connectivity index (χ0n) is 11.2. The Morgan fingerprint density at radius 2 is 1.78 bits per heavy atom. The molecule has 0 aliphatic heterocycles. The van der Waals surface area contributed by atoms with Gasteiger partial charge in [-0.15, -0.1) is 0 Å². The fraction of sp³-hybridized carbons (Fsp3) is 0.250. The van der Waals surface area contributed by atoms with E-state index in [1.165, 1.54) is 5.56 Å². The molecule has 0 aliphatic carbocycles. The summed E-state index contributed by atoms with van der Waals surface area (Å²) < 4.78 is 0. The molecule has 0 saturated heterocycles. The lowest BCUT2D eigenvalue weighted by molar-refractivity contribution is 0.867. The molecule has 0 aliphatic rings. The van der Waals surface area contributed by atoms with E-state index >= 15 is 0 Å². The number of nitrogens with two attached hydrogens (primary N) is 1. The van der Waals surface area contributed by atoms with Crippen molar-refractivity contribution in [2.75, 3.05) is 11.1 Å². The highest BCUT2D eigenvalue weighted by atomic mass is 14.9. The lowest BCUT2D eigenvalue weighted by atomic mass is 10.0. The molecule has 0 fully saturated rings. The van der Waals surface area contributed by atoms with Crippen LogP contribution in [0.5, 0.6) is 0 Å². The van der Waals surface area contributed by atoms with Crippen LogP contribution in [0.1, 0.15) is 30.9 Å². The molecule has 0 spiro atoms. The molecule has 2 heteroatoms. The molecule has 0 bridgehead atoms. The number of hydrogen-bond acceptors (Lipinski definition) is 2. The predicted octanol–water partition coefficient (Wildman–Crippen LogP) is 4.44. The third kappa shape index (κ3) is 2.65. The van der Waals surface area contributed by atoms with Gasteiger partial charge in [-0.25, -0.2) is 0 Å². The molecule has 0 amide bonds. The van der Waals surface area contributed by atoms with Crippen LogP contribution in [0.2, 0.25) is 0 Å². The summed E-state index contributed by atoms with van der Waals surface area (Å²) in [5.41, 5.74) is 11.3. The fourth-order valence-corrected chi connectivity index (χ4v) is 1.92. The van der Waals surface area contributed by atoms with Gasteiger partial charge < -0.3 is 11.1 Å². The largest absolute Gasteiger partial charge is 0.398 e. The maximum atomic E-state index is 5.91. The molecular formula is C16H20N2. The Morgan fingerprint density at radius 3 is 2.50 bits per heavy atom. The number of anilines is 3. The van der Waals surface area contributed by atoms with Gasteiger partial charge in [0.1, 0.15) is 0 Å². The van der Waals surface area contributed by atoms with Crippen molar-refractivity contribution in [1.29, 1.82) is 0 Å². The zero-order chi connectivity index (χ0) is 13.1. The van der Waals surface area contributed by atoms with E-state index < -0.39 is 0 Å². The summed E-state index contributed by atoms with van der Waals surface area (Å²) >= 11 is 0. The minimum absolute atomic E-state index is 0.536. The van der Waals surface area contributed by atoms with Crippen molar-refractivity contribution in [2.45, 2.75) is 26.7 Å². The average molecular weight is 240 g/mol. The van der Waals surface area contributed by atoms with Gasteiger partial charge >= 0.3 is 0 Å². The third-order valence-electron chi connectivity index (χ3n) is 3.21. The van der Waals surface area contributed by atoms with Gasteiger partial charge in [-0.05, 0) is 48.2 Å². The van der Waals surface area contributed by atoms with Gasteiger partial charge in [0.25, 0.3) is 0 Å². The van der Waals surface area contributed by atoms with Crippen molar-refractivity contribution in [2.24, 2.45) is 0 Å². The van der Waals surface area contributed by atoms with E-state index in [-0.39, 0.29) is 0 Å². The molecule has 3 N–H and O–H groups in total. The van der Waals surface area contributed by atoms with Gasteiger partial charge in [0.05, 0.1) is 0 Å². The monoisotopic (exact) mass is 240 g/mol. The second kappa shape index (κ2) is 5.13. The minimum atomic E-state index is 0.536. The highest BCUT2D eigenvalue weighted by Gasteiger charge is 2.03. The third-order valence-corrected chi connectivity index (χ3v) is 3.21. The maximum Gasteiger partial charge on any atom is 0.0434 e. The smallest absolute Gasteiger partial charge is 0.0434 e. The van der Waals surface area contributed by atoms with Crippen LogP contribution in [0.4, 0.5) is 17.1 Å². The molecule has 0 saturated carbocycles. The first kappa shape index (κ1) is 12.5. The van der Waals surface area contributed by atoms with Gasteiger partial charge in [-0.1, -0.05) is 32.0 Å². The fourth-order valence-electron chi connectivity index (χ4n) is 1.92. The summed E-state index contributed by atoms with van der Waals surface area (Å²) in [7, 11) is 0. The van der Waals surface area contributed by atoms with Crippen molar-refractivity contribution >= 4 is 17.1 Å². The first-order valence-electron chi connectivity index (χ1n) is 6.30. The number of hydrogen-bond donors (Lipinski definition) is 2. The highest BCUT2D eigenvalue weighted by molar-refractivity contribution is 5.69. The SMILES string of the molecule is Cc1c(N)cccc1Nc1cccc(C(C)C)c1. The second-order valence-electron chi connectivity index (χ2n) is 4.92. The van der Waals surface area contributed by atoms with Gasteiger partial charge in [0, 0.05) is 17.1 Å². The van der Waals surface area contributed by atoms with E-state index in [9.17, 15) is 0 Å². The first-order chi connectivity index (χ1) is 8.58. The number of rotatable bonds is 3. The Kier molecular flexibility index (Phi) is 3.56. The van der Waals surface area contributed by atoms with Crippen LogP contribution in [-0.2, 0) is 0 Å². The molecule has 2 aromatic rings. The Hall–Kier alpha value is -1.96. The van der Waals surface area contributed by atoms with Crippen LogP contribution >= 0.6 is 0 Å². The van der Waals surface area contributed by atoms with Gasteiger partial charge in [0.15, 0.2) is 0 Å². The van der Waals surface area contributed by atoms with Crippen molar-refractivity contribution in [3.8, 4) is 0 Å². The summed E-state index contributed by atoms with van der Waals surface area (Å²) in [6.45, 7) is 6.43. The lowest BCUT2D eigenvalue weighted by Gasteiger charge is -2.13. The van der Waals surface area contributed by atoms with Crippen LogP contribution in [0.25, 0.3) is 0 Å². The molecule has 0 aromatic heterocycles. The summed E-state index contributed by atoms with van der Waals surface area (Å²) in [5.74, 6) is 0.536. The molecular weight excluding hydrogens is 220 g/mol. The van der Waals surface area contributed by atoms with Crippen LogP contribution in [-0.4, -0.2) is 0 Å². The van der Waals surface area contributed by atoms with Crippen molar-refractivity contribution < 1.29 is 0 Å².